The Morgan fingerprint density at radius 2 is 1.76 bits per heavy atom. The highest BCUT2D eigenvalue weighted by atomic mass is 35.5. The van der Waals surface area contributed by atoms with Crippen LogP contribution in [-0.2, 0) is 14.8 Å². The molecule has 0 atom stereocenters. The number of ether oxygens (including phenoxy) is 2. The summed E-state index contributed by atoms with van der Waals surface area (Å²) in [5.41, 5.74) is 5.24. The topological polar surface area (TPSA) is 175 Å². The van der Waals surface area contributed by atoms with Gasteiger partial charge in [-0.15, -0.1) is 0 Å². The number of nitro benzene ring substituents is 1. The number of halogens is 2. The molecule has 3 aromatic carbocycles. The van der Waals surface area contributed by atoms with Crippen molar-refractivity contribution < 1.29 is 32.0 Å². The lowest BCUT2D eigenvalue weighted by Crippen LogP contribution is -2.47. The van der Waals surface area contributed by atoms with Crippen LogP contribution >= 0.6 is 11.6 Å². The van der Waals surface area contributed by atoms with E-state index < -0.39 is 37.3 Å². The van der Waals surface area contributed by atoms with E-state index in [-0.39, 0.29) is 34.0 Å². The molecule has 0 radical (unpaired) electrons. The number of pyridine rings is 1. The summed E-state index contributed by atoms with van der Waals surface area (Å²) in [6.45, 7) is 10.1. The lowest BCUT2D eigenvalue weighted by molar-refractivity contribution is -0.384. The number of fused-ring (bicyclic) bond motifs is 2. The molecule has 5 aromatic rings. The summed E-state index contributed by atoms with van der Waals surface area (Å²) in [7, 11) is -4.70. The van der Waals surface area contributed by atoms with Crippen LogP contribution in [0.4, 0.5) is 32.8 Å². The van der Waals surface area contributed by atoms with Gasteiger partial charge in [-0.05, 0) is 110 Å². The van der Waals surface area contributed by atoms with Crippen LogP contribution in [0.15, 0.2) is 83.4 Å². The lowest BCUT2D eigenvalue weighted by Gasteiger charge is -2.39. The lowest BCUT2D eigenvalue weighted by atomic mass is 9.72. The molecule has 5 heterocycles. The van der Waals surface area contributed by atoms with E-state index in [4.69, 9.17) is 26.1 Å². The van der Waals surface area contributed by atoms with Gasteiger partial charge in [0.2, 0.25) is 5.88 Å². The highest BCUT2D eigenvalue weighted by Gasteiger charge is 2.33. The van der Waals surface area contributed by atoms with Gasteiger partial charge in [-0.3, -0.25) is 19.8 Å². The molecule has 1 aliphatic carbocycles. The Bertz CT molecular complexity index is 2790. The zero-order valence-corrected chi connectivity index (χ0v) is 38.6. The van der Waals surface area contributed by atoms with Crippen LogP contribution in [0.5, 0.6) is 5.88 Å². The van der Waals surface area contributed by atoms with Crippen LogP contribution < -0.4 is 24.6 Å². The average Bonchev–Trinajstić information content (AvgIpc) is 3.67. The van der Waals surface area contributed by atoms with Crippen molar-refractivity contribution in [3.05, 3.63) is 111 Å². The van der Waals surface area contributed by atoms with Gasteiger partial charge in [0, 0.05) is 81.7 Å². The number of sulfonamides is 1. The molecule has 0 bridgehead atoms. The second-order valence-electron chi connectivity index (χ2n) is 18.4. The van der Waals surface area contributed by atoms with Gasteiger partial charge in [0.05, 0.1) is 33.4 Å². The van der Waals surface area contributed by atoms with E-state index in [1.54, 1.807) is 12.3 Å². The van der Waals surface area contributed by atoms with Crippen molar-refractivity contribution in [3.8, 4) is 5.88 Å². The van der Waals surface area contributed by atoms with E-state index in [0.717, 1.165) is 56.2 Å². The molecule has 15 nitrogen and oxygen atoms in total. The normalized spacial score (nSPS) is 18.4. The highest BCUT2D eigenvalue weighted by Crippen LogP contribution is 2.44. The summed E-state index contributed by atoms with van der Waals surface area (Å²) in [6.07, 6.45) is 6.91. The fourth-order valence-electron chi connectivity index (χ4n) is 9.51. The predicted octanol–water partition coefficient (Wildman–Crippen LogP) is 8.93. The summed E-state index contributed by atoms with van der Waals surface area (Å²) in [5, 5.41) is 16.8. The van der Waals surface area contributed by atoms with Crippen molar-refractivity contribution in [3.63, 3.8) is 0 Å². The standard InChI is InChI=1S/C48H54ClFN8O7S/c1-48(2)14-10-34(38(28-48)32-4-6-35(49)7-5-32)30-55-17-19-56(20-18-55)42-27-41(57-16-3-21-65-47-44(57)24-33-11-15-51-45(33)53-47)37(26-39(42)50)46(59)54-66(62,63)36-8-9-40(43(25-36)58(60)61)52-29-31-12-22-64-23-13-31/h4-9,11,15,24-27,31,52H,3,10,12-14,16-23,28-30H2,1-2H3,(H,51,53)(H,54,59). The van der Waals surface area contributed by atoms with Crippen LogP contribution in [0.2, 0.25) is 5.02 Å². The molecule has 3 N–H and O–H groups in total. The van der Waals surface area contributed by atoms with Crippen LogP contribution in [0.3, 0.4) is 0 Å². The zero-order valence-electron chi connectivity index (χ0n) is 37.1. The van der Waals surface area contributed by atoms with Crippen molar-refractivity contribution in [2.45, 2.75) is 57.3 Å². The molecule has 66 heavy (non-hydrogen) atoms. The Labute approximate surface area is 388 Å². The number of H-pyrrole nitrogens is 1. The number of anilines is 4. The highest BCUT2D eigenvalue weighted by molar-refractivity contribution is 7.90. The zero-order chi connectivity index (χ0) is 46.2. The van der Waals surface area contributed by atoms with E-state index in [0.29, 0.717) is 87.7 Å². The van der Waals surface area contributed by atoms with Gasteiger partial charge in [0.1, 0.15) is 22.8 Å². The third-order valence-corrected chi connectivity index (χ3v) is 14.8. The minimum absolute atomic E-state index is 0.155. The van der Waals surface area contributed by atoms with E-state index >= 15 is 4.39 Å². The third kappa shape index (κ3) is 9.85. The molecule has 0 saturated carbocycles. The number of nitro groups is 1. The van der Waals surface area contributed by atoms with E-state index in [1.165, 1.54) is 28.8 Å². The first kappa shape index (κ1) is 45.4. The molecule has 348 valence electrons. The van der Waals surface area contributed by atoms with E-state index in [1.807, 2.05) is 34.1 Å². The first-order chi connectivity index (χ1) is 31.7. The van der Waals surface area contributed by atoms with Gasteiger partial charge in [0.15, 0.2) is 0 Å². The predicted molar refractivity (Wildman–Crippen MR) is 254 cm³/mol. The second kappa shape index (κ2) is 18.9. The maximum absolute atomic E-state index is 16.7. The fraction of sp³-hybridized carbons (Fsp3) is 0.417. The van der Waals surface area contributed by atoms with Gasteiger partial charge in [-0.2, -0.15) is 4.98 Å². The molecule has 0 spiro atoms. The van der Waals surface area contributed by atoms with E-state index in [2.05, 4.69) is 45.9 Å². The number of carbonyl (C=O) groups excluding carboxylic acids is 1. The molecular formula is C48H54ClFN8O7S. The molecule has 3 aliphatic heterocycles. The first-order valence-corrected chi connectivity index (χ1v) is 24.4. The second-order valence-corrected chi connectivity index (χ2v) is 20.5. The van der Waals surface area contributed by atoms with Gasteiger partial charge < -0.3 is 29.6 Å². The first-order valence-electron chi connectivity index (χ1n) is 22.5. The molecule has 1 amide bonds. The number of amides is 1. The van der Waals surface area contributed by atoms with Gasteiger partial charge in [-0.1, -0.05) is 43.2 Å². The molecule has 9 rings (SSSR count). The minimum atomic E-state index is -4.70. The molecule has 18 heteroatoms. The van der Waals surface area contributed by atoms with Crippen molar-refractivity contribution in [1.82, 2.24) is 19.6 Å². The summed E-state index contributed by atoms with van der Waals surface area (Å²) in [6, 6.07) is 17.9. The number of hydrogen-bond donors (Lipinski definition) is 3. The maximum Gasteiger partial charge on any atom is 0.293 e. The number of nitrogens with zero attached hydrogens (tertiary/aromatic N) is 5. The summed E-state index contributed by atoms with van der Waals surface area (Å²) in [4.78, 5) is 39.4. The number of piperazine rings is 1. The van der Waals surface area contributed by atoms with Crippen LogP contribution in [-0.4, -0.2) is 99.8 Å². The number of carbonyl (C=O) groups is 1. The molecular weight excluding hydrogens is 887 g/mol. The van der Waals surface area contributed by atoms with Crippen molar-refractivity contribution in [2.24, 2.45) is 11.3 Å². The Hall–Kier alpha value is -5.75. The molecule has 0 unspecified atom stereocenters. The van der Waals surface area contributed by atoms with Gasteiger partial charge in [0.25, 0.3) is 21.6 Å². The van der Waals surface area contributed by atoms with Crippen LogP contribution in [0, 0.1) is 27.3 Å². The Kier molecular flexibility index (Phi) is 13.0. The Morgan fingerprint density at radius 3 is 2.52 bits per heavy atom. The van der Waals surface area contributed by atoms with Gasteiger partial charge >= 0.3 is 0 Å². The number of nitrogens with one attached hydrogen (secondary N) is 3. The maximum atomic E-state index is 16.7. The quantitative estimate of drug-likeness (QED) is 0.0802. The number of hydrogen-bond acceptors (Lipinski definition) is 12. The third-order valence-electron chi connectivity index (χ3n) is 13.3. The number of aromatic nitrogens is 2. The molecule has 2 fully saturated rings. The average molecular weight is 942 g/mol. The minimum Gasteiger partial charge on any atom is -0.476 e. The van der Waals surface area contributed by atoms with Crippen molar-refractivity contribution in [1.29, 1.82) is 0 Å². The molecule has 4 aliphatic rings. The largest absolute Gasteiger partial charge is 0.476 e. The monoisotopic (exact) mass is 940 g/mol. The Morgan fingerprint density at radius 1 is 0.985 bits per heavy atom. The SMILES string of the molecule is CC1(C)CCC(CN2CCN(c3cc(N4CCCOc5nc6[nH]ccc6cc54)c(C(=O)NS(=O)(=O)c4ccc(NCC5CCOCC5)c([N+](=O)[O-])c4)cc3F)CC2)=C(c2ccc(Cl)cc2)C1. The van der Waals surface area contributed by atoms with Crippen LogP contribution in [0.25, 0.3) is 16.6 Å². The smallest absolute Gasteiger partial charge is 0.293 e. The summed E-state index contributed by atoms with van der Waals surface area (Å²) < 4.78 is 58.1. The van der Waals surface area contributed by atoms with E-state index in [9.17, 15) is 23.3 Å². The van der Waals surface area contributed by atoms with Crippen LogP contribution in [0.1, 0.15) is 68.3 Å². The Balaban J connectivity index is 1.01. The number of aromatic amines is 1. The number of rotatable bonds is 12. The number of benzene rings is 3. The fourth-order valence-corrected chi connectivity index (χ4v) is 10.6. The summed E-state index contributed by atoms with van der Waals surface area (Å²) >= 11 is 6.26. The number of allylic oxidation sites excluding steroid dienone is 1. The molecule has 2 saturated heterocycles. The molecule has 2 aromatic heterocycles. The van der Waals surface area contributed by atoms with Crippen molar-refractivity contribution in [2.75, 3.05) is 80.8 Å². The summed E-state index contributed by atoms with van der Waals surface area (Å²) in [5.74, 6) is -1.26. The van der Waals surface area contributed by atoms with Crippen molar-refractivity contribution >= 4 is 72.6 Å². The van der Waals surface area contributed by atoms with Gasteiger partial charge in [-0.25, -0.2) is 17.5 Å².